The number of hydrogen-bond donors (Lipinski definition) is 2. The van der Waals surface area contributed by atoms with E-state index in [9.17, 15) is 0 Å². The van der Waals surface area contributed by atoms with E-state index in [0.29, 0.717) is 5.54 Å². The van der Waals surface area contributed by atoms with E-state index in [2.05, 4.69) is 29.4 Å². The first kappa shape index (κ1) is 14.3. The molecular formula is C15H31N3. The molecule has 0 atom stereocenters. The van der Waals surface area contributed by atoms with Crippen LogP contribution in [0.1, 0.15) is 46.0 Å². The fourth-order valence-corrected chi connectivity index (χ4v) is 3.34. The van der Waals surface area contributed by atoms with E-state index in [1.165, 1.54) is 58.3 Å². The van der Waals surface area contributed by atoms with Gasteiger partial charge in [-0.15, -0.1) is 0 Å². The van der Waals surface area contributed by atoms with Crippen molar-refractivity contribution in [1.29, 1.82) is 0 Å². The maximum absolute atomic E-state index is 3.68. The molecule has 0 bridgehead atoms. The highest BCUT2D eigenvalue weighted by Crippen LogP contribution is 2.24. The van der Waals surface area contributed by atoms with E-state index < -0.39 is 0 Å². The molecule has 0 amide bonds. The van der Waals surface area contributed by atoms with Crippen LogP contribution in [0.4, 0.5) is 0 Å². The predicted octanol–water partition coefficient (Wildman–Crippen LogP) is 1.84. The van der Waals surface area contributed by atoms with Gasteiger partial charge < -0.3 is 10.6 Å². The molecule has 0 radical (unpaired) electrons. The molecule has 1 aliphatic heterocycles. The maximum atomic E-state index is 3.68. The summed E-state index contributed by atoms with van der Waals surface area (Å²) >= 11 is 0. The van der Waals surface area contributed by atoms with Gasteiger partial charge in [0.2, 0.25) is 0 Å². The SMILES string of the molecule is CC(C)(CCNCC1CCCC1)N1CCNCC1. The lowest BCUT2D eigenvalue weighted by Crippen LogP contribution is -2.54. The molecule has 1 saturated heterocycles. The normalized spacial score (nSPS) is 23.7. The quantitative estimate of drug-likeness (QED) is 0.707. The van der Waals surface area contributed by atoms with E-state index in [1.807, 2.05) is 0 Å². The second kappa shape index (κ2) is 6.88. The first-order chi connectivity index (χ1) is 8.68. The number of piperazine rings is 1. The second-order valence-corrected chi connectivity index (χ2v) is 6.65. The molecule has 0 aromatic rings. The Morgan fingerprint density at radius 2 is 1.83 bits per heavy atom. The fraction of sp³-hybridized carbons (Fsp3) is 1.00. The summed E-state index contributed by atoms with van der Waals surface area (Å²) in [5.74, 6) is 0.965. The first-order valence-corrected chi connectivity index (χ1v) is 7.85. The highest BCUT2D eigenvalue weighted by Gasteiger charge is 2.27. The third-order valence-corrected chi connectivity index (χ3v) is 4.79. The minimum absolute atomic E-state index is 0.352. The van der Waals surface area contributed by atoms with Crippen LogP contribution in [-0.4, -0.2) is 49.7 Å². The topological polar surface area (TPSA) is 27.3 Å². The van der Waals surface area contributed by atoms with Crippen molar-refractivity contribution >= 4 is 0 Å². The largest absolute Gasteiger partial charge is 0.316 e. The molecule has 2 N–H and O–H groups in total. The molecule has 3 nitrogen and oxygen atoms in total. The molecule has 106 valence electrons. The zero-order chi connectivity index (χ0) is 12.8. The van der Waals surface area contributed by atoms with Crippen molar-refractivity contribution in [2.45, 2.75) is 51.5 Å². The van der Waals surface area contributed by atoms with Crippen molar-refractivity contribution in [2.75, 3.05) is 39.3 Å². The Labute approximate surface area is 113 Å². The van der Waals surface area contributed by atoms with Crippen LogP contribution in [0.3, 0.4) is 0 Å². The van der Waals surface area contributed by atoms with Crippen LogP contribution in [0.15, 0.2) is 0 Å². The lowest BCUT2D eigenvalue weighted by atomic mass is 9.97. The van der Waals surface area contributed by atoms with Gasteiger partial charge in [-0.05, 0) is 52.1 Å². The minimum Gasteiger partial charge on any atom is -0.316 e. The summed E-state index contributed by atoms with van der Waals surface area (Å²) in [6.07, 6.45) is 7.08. The van der Waals surface area contributed by atoms with E-state index in [-0.39, 0.29) is 0 Å². The Balaban J connectivity index is 1.61. The molecule has 1 heterocycles. The summed E-state index contributed by atoms with van der Waals surface area (Å²) < 4.78 is 0. The molecule has 18 heavy (non-hydrogen) atoms. The maximum Gasteiger partial charge on any atom is 0.0166 e. The molecule has 0 spiro atoms. The molecule has 2 fully saturated rings. The standard InChI is InChI=1S/C15H31N3/c1-15(2,18-11-9-16-10-12-18)7-8-17-13-14-5-3-4-6-14/h14,16-17H,3-13H2,1-2H3. The number of nitrogens with one attached hydrogen (secondary N) is 2. The van der Waals surface area contributed by atoms with Crippen LogP contribution in [0, 0.1) is 5.92 Å². The van der Waals surface area contributed by atoms with Gasteiger partial charge in [-0.25, -0.2) is 0 Å². The summed E-state index contributed by atoms with van der Waals surface area (Å²) in [6.45, 7) is 11.9. The van der Waals surface area contributed by atoms with E-state index in [1.54, 1.807) is 0 Å². The zero-order valence-electron chi connectivity index (χ0n) is 12.3. The van der Waals surface area contributed by atoms with Gasteiger partial charge in [0.15, 0.2) is 0 Å². The van der Waals surface area contributed by atoms with Crippen molar-refractivity contribution in [3.63, 3.8) is 0 Å². The average molecular weight is 253 g/mol. The molecule has 2 aliphatic rings. The summed E-state index contributed by atoms with van der Waals surface area (Å²) in [6, 6.07) is 0. The van der Waals surface area contributed by atoms with Crippen molar-refractivity contribution in [2.24, 2.45) is 5.92 Å². The van der Waals surface area contributed by atoms with Crippen molar-refractivity contribution in [1.82, 2.24) is 15.5 Å². The smallest absolute Gasteiger partial charge is 0.0166 e. The van der Waals surface area contributed by atoms with Gasteiger partial charge in [-0.1, -0.05) is 12.8 Å². The van der Waals surface area contributed by atoms with Crippen LogP contribution in [0.25, 0.3) is 0 Å². The van der Waals surface area contributed by atoms with Crippen LogP contribution >= 0.6 is 0 Å². The number of hydrogen-bond acceptors (Lipinski definition) is 3. The fourth-order valence-electron chi connectivity index (χ4n) is 3.34. The monoisotopic (exact) mass is 253 g/mol. The first-order valence-electron chi connectivity index (χ1n) is 7.85. The number of nitrogens with zero attached hydrogens (tertiary/aromatic N) is 1. The van der Waals surface area contributed by atoms with Gasteiger partial charge in [0.1, 0.15) is 0 Å². The second-order valence-electron chi connectivity index (χ2n) is 6.65. The third-order valence-electron chi connectivity index (χ3n) is 4.79. The van der Waals surface area contributed by atoms with Crippen molar-refractivity contribution in [3.8, 4) is 0 Å². The van der Waals surface area contributed by atoms with Crippen LogP contribution in [0.2, 0.25) is 0 Å². The van der Waals surface area contributed by atoms with Gasteiger partial charge in [0, 0.05) is 31.7 Å². The Bertz CT molecular complexity index is 228. The molecule has 0 unspecified atom stereocenters. The molecule has 0 aromatic heterocycles. The molecule has 3 heteroatoms. The van der Waals surface area contributed by atoms with E-state index >= 15 is 0 Å². The van der Waals surface area contributed by atoms with E-state index in [4.69, 9.17) is 0 Å². The molecule has 1 aliphatic carbocycles. The Morgan fingerprint density at radius 3 is 2.50 bits per heavy atom. The van der Waals surface area contributed by atoms with Gasteiger partial charge in [-0.2, -0.15) is 0 Å². The van der Waals surface area contributed by atoms with Gasteiger partial charge >= 0.3 is 0 Å². The van der Waals surface area contributed by atoms with Crippen molar-refractivity contribution in [3.05, 3.63) is 0 Å². The summed E-state index contributed by atoms with van der Waals surface area (Å²) in [5.41, 5.74) is 0.352. The highest BCUT2D eigenvalue weighted by atomic mass is 15.2. The minimum atomic E-state index is 0.352. The van der Waals surface area contributed by atoms with Gasteiger partial charge in [-0.3, -0.25) is 4.90 Å². The summed E-state index contributed by atoms with van der Waals surface area (Å²) in [4.78, 5) is 2.64. The summed E-state index contributed by atoms with van der Waals surface area (Å²) in [7, 11) is 0. The van der Waals surface area contributed by atoms with Gasteiger partial charge in [0.05, 0.1) is 0 Å². The van der Waals surface area contributed by atoms with Crippen LogP contribution in [0.5, 0.6) is 0 Å². The average Bonchev–Trinajstić information content (AvgIpc) is 2.89. The summed E-state index contributed by atoms with van der Waals surface area (Å²) in [5, 5.41) is 7.11. The Kier molecular flexibility index (Phi) is 5.46. The van der Waals surface area contributed by atoms with Gasteiger partial charge in [0.25, 0.3) is 0 Å². The lowest BCUT2D eigenvalue weighted by Gasteiger charge is -2.41. The lowest BCUT2D eigenvalue weighted by molar-refractivity contribution is 0.0954. The van der Waals surface area contributed by atoms with E-state index in [0.717, 1.165) is 19.0 Å². The molecular weight excluding hydrogens is 222 g/mol. The van der Waals surface area contributed by atoms with Crippen LogP contribution in [-0.2, 0) is 0 Å². The zero-order valence-corrected chi connectivity index (χ0v) is 12.3. The van der Waals surface area contributed by atoms with Crippen molar-refractivity contribution < 1.29 is 0 Å². The predicted molar refractivity (Wildman–Crippen MR) is 78.0 cm³/mol. The third kappa shape index (κ3) is 4.22. The number of rotatable bonds is 6. The Hall–Kier alpha value is -0.120. The Morgan fingerprint density at radius 1 is 1.17 bits per heavy atom. The molecule has 1 saturated carbocycles. The molecule has 0 aromatic carbocycles. The highest BCUT2D eigenvalue weighted by molar-refractivity contribution is 4.85. The van der Waals surface area contributed by atoms with Crippen LogP contribution < -0.4 is 10.6 Å². The molecule has 2 rings (SSSR count).